The van der Waals surface area contributed by atoms with Crippen molar-refractivity contribution in [3.8, 4) is 0 Å². The summed E-state index contributed by atoms with van der Waals surface area (Å²) < 4.78 is 22.4. The third-order valence-electron chi connectivity index (χ3n) is 3.19. The smallest absolute Gasteiger partial charge is 0.279 e. The Hall–Kier alpha value is -3.24. The average Bonchev–Trinajstić information content (AvgIpc) is 2.56. The van der Waals surface area contributed by atoms with Crippen LogP contribution in [0.3, 0.4) is 0 Å². The van der Waals surface area contributed by atoms with Crippen molar-refractivity contribution in [3.63, 3.8) is 0 Å². The van der Waals surface area contributed by atoms with Crippen molar-refractivity contribution in [1.82, 2.24) is 0 Å². The van der Waals surface area contributed by atoms with Gasteiger partial charge in [-0.25, -0.2) is 13.6 Å². The molecule has 0 bridgehead atoms. The highest BCUT2D eigenvalue weighted by Gasteiger charge is 2.14. The van der Waals surface area contributed by atoms with E-state index in [2.05, 4.69) is 15.5 Å². The summed E-state index contributed by atoms with van der Waals surface area (Å²) in [7, 11) is -3.83. The number of nitrogens with zero attached hydrogens (tertiary/aromatic N) is 2. The predicted molar refractivity (Wildman–Crippen MR) is 97.1 cm³/mol. The number of aliphatic hydroxyl groups excluding tert-OH is 1. The molecule has 26 heavy (non-hydrogen) atoms. The highest BCUT2D eigenvalue weighted by molar-refractivity contribution is 7.89. The Kier molecular flexibility index (Phi) is 5.70. The number of rotatable bonds is 5. The zero-order valence-corrected chi connectivity index (χ0v) is 14.6. The molecule has 0 saturated carbocycles. The maximum atomic E-state index is 12.3. The Bertz CT molecular complexity index is 978. The molecule has 0 aliphatic rings. The van der Waals surface area contributed by atoms with Gasteiger partial charge in [-0.15, -0.1) is 10.2 Å². The molecule has 10 heteroatoms. The number of nitrogen functional groups attached to an aromatic ring is 1. The minimum absolute atomic E-state index is 0.0937. The quantitative estimate of drug-likeness (QED) is 0.273. The van der Waals surface area contributed by atoms with Crippen molar-refractivity contribution in [3.05, 3.63) is 60.0 Å². The molecule has 0 heterocycles. The number of hydrogen-bond donors (Lipinski definition) is 4. The normalized spacial score (nSPS) is 12.7. The van der Waals surface area contributed by atoms with Crippen LogP contribution in [0.15, 0.2) is 75.1 Å². The second kappa shape index (κ2) is 7.76. The summed E-state index contributed by atoms with van der Waals surface area (Å²) in [6.45, 7) is 1.28. The monoisotopic (exact) mass is 375 g/mol. The topological polar surface area (TPSA) is 160 Å². The van der Waals surface area contributed by atoms with Crippen LogP contribution in [0.4, 0.5) is 17.1 Å². The number of sulfonamides is 1. The van der Waals surface area contributed by atoms with Gasteiger partial charge in [0.05, 0.1) is 10.6 Å². The average molecular weight is 375 g/mol. The Morgan fingerprint density at radius 2 is 1.73 bits per heavy atom. The number of allylic oxidation sites excluding steroid dienone is 1. The van der Waals surface area contributed by atoms with Gasteiger partial charge in [0, 0.05) is 5.69 Å². The van der Waals surface area contributed by atoms with Crippen molar-refractivity contribution in [1.29, 1.82) is 0 Å². The minimum atomic E-state index is -3.83. The SMILES string of the molecule is CC(O)=C(N=Nc1ccccc1N)C(=O)Nc1ccc(S(N)(=O)=O)cc1. The second-order valence-electron chi connectivity index (χ2n) is 5.22. The number of hydrogen-bond acceptors (Lipinski definition) is 7. The van der Waals surface area contributed by atoms with Gasteiger partial charge in [0.2, 0.25) is 10.0 Å². The molecule has 9 nitrogen and oxygen atoms in total. The summed E-state index contributed by atoms with van der Waals surface area (Å²) in [6, 6.07) is 11.8. The van der Waals surface area contributed by atoms with Crippen LogP contribution in [-0.4, -0.2) is 19.4 Å². The van der Waals surface area contributed by atoms with Gasteiger partial charge in [-0.05, 0) is 43.3 Å². The standard InChI is InChI=1S/C16H17N5O4S/c1-10(22)15(21-20-14-5-3-2-4-13(14)17)16(23)19-11-6-8-12(9-7-11)26(18,24)25/h2-9,22H,17H2,1H3,(H,19,23)(H2,18,24,25). The summed E-state index contributed by atoms with van der Waals surface area (Å²) >= 11 is 0. The molecular formula is C16H17N5O4S. The van der Waals surface area contributed by atoms with Crippen LogP contribution in [0.2, 0.25) is 0 Å². The molecule has 0 unspecified atom stereocenters. The number of nitrogens with one attached hydrogen (secondary N) is 1. The molecule has 136 valence electrons. The van der Waals surface area contributed by atoms with Crippen LogP contribution >= 0.6 is 0 Å². The Morgan fingerprint density at radius 1 is 1.12 bits per heavy atom. The van der Waals surface area contributed by atoms with Crippen LogP contribution in [0.5, 0.6) is 0 Å². The van der Waals surface area contributed by atoms with Crippen molar-refractivity contribution in [2.75, 3.05) is 11.1 Å². The zero-order chi connectivity index (χ0) is 19.3. The molecule has 0 aliphatic carbocycles. The van der Waals surface area contributed by atoms with E-state index in [4.69, 9.17) is 10.9 Å². The third-order valence-corrected chi connectivity index (χ3v) is 4.12. The Labute approximate surface area is 150 Å². The number of benzene rings is 2. The molecule has 0 spiro atoms. The first kappa shape index (κ1) is 19.1. The number of carbonyl (C=O) groups excluding carboxylic acids is 1. The van der Waals surface area contributed by atoms with Gasteiger partial charge in [-0.1, -0.05) is 12.1 Å². The number of anilines is 2. The molecule has 6 N–H and O–H groups in total. The minimum Gasteiger partial charge on any atom is -0.510 e. The van der Waals surface area contributed by atoms with E-state index in [1.165, 1.54) is 31.2 Å². The molecule has 0 atom stereocenters. The summed E-state index contributed by atoms with van der Waals surface area (Å²) in [6.07, 6.45) is 0. The first-order valence-electron chi connectivity index (χ1n) is 7.29. The van der Waals surface area contributed by atoms with Gasteiger partial charge < -0.3 is 16.2 Å². The maximum Gasteiger partial charge on any atom is 0.279 e. The van der Waals surface area contributed by atoms with E-state index in [1.807, 2.05) is 0 Å². The Morgan fingerprint density at radius 3 is 2.27 bits per heavy atom. The fourth-order valence-corrected chi connectivity index (χ4v) is 2.40. The highest BCUT2D eigenvalue weighted by Crippen LogP contribution is 2.22. The lowest BCUT2D eigenvalue weighted by atomic mass is 10.3. The number of aliphatic hydroxyl groups is 1. The van der Waals surface area contributed by atoms with Gasteiger partial charge in [0.1, 0.15) is 11.4 Å². The Balaban J connectivity index is 2.20. The zero-order valence-electron chi connectivity index (χ0n) is 13.7. The van der Waals surface area contributed by atoms with Gasteiger partial charge in [0.15, 0.2) is 5.70 Å². The number of para-hydroxylation sites is 1. The number of nitrogens with two attached hydrogens (primary N) is 2. The highest BCUT2D eigenvalue weighted by atomic mass is 32.2. The molecule has 1 amide bonds. The van der Waals surface area contributed by atoms with E-state index in [0.717, 1.165) is 0 Å². The van der Waals surface area contributed by atoms with Crippen LogP contribution in [0.25, 0.3) is 0 Å². The summed E-state index contributed by atoms with van der Waals surface area (Å²) in [5.74, 6) is -1.08. The lowest BCUT2D eigenvalue weighted by molar-refractivity contribution is -0.113. The first-order valence-corrected chi connectivity index (χ1v) is 8.83. The van der Waals surface area contributed by atoms with E-state index < -0.39 is 15.9 Å². The molecule has 0 fully saturated rings. The number of primary sulfonamides is 1. The van der Waals surface area contributed by atoms with Crippen LogP contribution in [0.1, 0.15) is 6.92 Å². The molecule has 0 saturated heterocycles. The second-order valence-corrected chi connectivity index (χ2v) is 6.78. The summed E-state index contributed by atoms with van der Waals surface area (Å²) in [4.78, 5) is 12.2. The molecule has 2 rings (SSSR count). The van der Waals surface area contributed by atoms with Gasteiger partial charge in [-0.3, -0.25) is 4.79 Å². The molecule has 2 aromatic rings. The molecule has 0 aromatic heterocycles. The number of azo groups is 1. The fraction of sp³-hybridized carbons (Fsp3) is 0.0625. The van der Waals surface area contributed by atoms with Crippen molar-refractivity contribution < 1.29 is 18.3 Å². The predicted octanol–water partition coefficient (Wildman–Crippen LogP) is 2.43. The molecule has 0 radical (unpaired) electrons. The summed E-state index contributed by atoms with van der Waals surface area (Å²) in [5, 5.41) is 24.8. The van der Waals surface area contributed by atoms with E-state index in [0.29, 0.717) is 11.4 Å². The van der Waals surface area contributed by atoms with E-state index in [-0.39, 0.29) is 22.0 Å². The van der Waals surface area contributed by atoms with Crippen molar-refractivity contribution in [2.24, 2.45) is 15.4 Å². The number of amides is 1. The van der Waals surface area contributed by atoms with Crippen LogP contribution in [-0.2, 0) is 14.8 Å². The van der Waals surface area contributed by atoms with Crippen LogP contribution in [0, 0.1) is 0 Å². The van der Waals surface area contributed by atoms with E-state index in [1.54, 1.807) is 24.3 Å². The number of carbonyl (C=O) groups is 1. The van der Waals surface area contributed by atoms with Crippen molar-refractivity contribution in [2.45, 2.75) is 11.8 Å². The fourth-order valence-electron chi connectivity index (χ4n) is 1.88. The van der Waals surface area contributed by atoms with E-state index >= 15 is 0 Å². The first-order chi connectivity index (χ1) is 12.2. The lowest BCUT2D eigenvalue weighted by Gasteiger charge is -2.07. The molecular weight excluding hydrogens is 358 g/mol. The van der Waals surface area contributed by atoms with Crippen molar-refractivity contribution >= 4 is 33.0 Å². The summed E-state index contributed by atoms with van der Waals surface area (Å²) in [5.41, 5.74) is 6.42. The van der Waals surface area contributed by atoms with Gasteiger partial charge in [0.25, 0.3) is 5.91 Å². The van der Waals surface area contributed by atoms with Crippen LogP contribution < -0.4 is 16.2 Å². The molecule has 2 aromatic carbocycles. The largest absolute Gasteiger partial charge is 0.510 e. The lowest BCUT2D eigenvalue weighted by Crippen LogP contribution is -2.15. The maximum absolute atomic E-state index is 12.3. The molecule has 0 aliphatic heterocycles. The van der Waals surface area contributed by atoms with Gasteiger partial charge >= 0.3 is 0 Å². The third kappa shape index (κ3) is 4.88. The van der Waals surface area contributed by atoms with Gasteiger partial charge in [-0.2, -0.15) is 0 Å². The van der Waals surface area contributed by atoms with E-state index in [9.17, 15) is 18.3 Å².